The molecule has 1 amide bonds. The fourth-order valence-electron chi connectivity index (χ4n) is 4.39. The van der Waals surface area contributed by atoms with E-state index in [1.807, 2.05) is 18.2 Å². The van der Waals surface area contributed by atoms with Crippen molar-refractivity contribution in [3.8, 4) is 0 Å². The second kappa shape index (κ2) is 6.21. The van der Waals surface area contributed by atoms with Gasteiger partial charge in [-0.3, -0.25) is 4.79 Å². The van der Waals surface area contributed by atoms with Gasteiger partial charge in [-0.05, 0) is 49.0 Å². The summed E-state index contributed by atoms with van der Waals surface area (Å²) in [5.41, 5.74) is 7.40. The van der Waals surface area contributed by atoms with Gasteiger partial charge in [-0.25, -0.2) is 0 Å². The Morgan fingerprint density at radius 2 is 1.82 bits per heavy atom. The second-order valence-electron chi connectivity index (χ2n) is 7.13. The quantitative estimate of drug-likeness (QED) is 0.931. The van der Waals surface area contributed by atoms with Crippen LogP contribution in [0.1, 0.15) is 37.2 Å². The molecule has 1 aromatic rings. The fraction of sp³-hybridized carbons (Fsp3) is 0.611. The van der Waals surface area contributed by atoms with Gasteiger partial charge in [0.1, 0.15) is 0 Å². The molecule has 3 fully saturated rings. The molecule has 4 unspecified atom stereocenters. The summed E-state index contributed by atoms with van der Waals surface area (Å²) in [6.07, 6.45) is 4.74. The first-order valence-corrected chi connectivity index (χ1v) is 8.33. The number of nitrogens with two attached hydrogens (primary N) is 1. The number of rotatable bonds is 3. The van der Waals surface area contributed by atoms with Crippen LogP contribution in [0.3, 0.4) is 0 Å². The molecule has 0 radical (unpaired) electrons. The molecule has 0 aromatic heterocycles. The van der Waals surface area contributed by atoms with Gasteiger partial charge in [0.05, 0.1) is 5.92 Å². The summed E-state index contributed by atoms with van der Waals surface area (Å²) < 4.78 is 0. The predicted octanol–water partition coefficient (Wildman–Crippen LogP) is 2.80. The molecule has 2 N–H and O–H groups in total. The zero-order valence-electron chi connectivity index (χ0n) is 12.9. The molecule has 1 aliphatic heterocycles. The van der Waals surface area contributed by atoms with E-state index in [0.717, 1.165) is 19.5 Å². The molecule has 22 heavy (non-hydrogen) atoms. The van der Waals surface area contributed by atoms with E-state index < -0.39 is 0 Å². The van der Waals surface area contributed by atoms with Crippen LogP contribution < -0.4 is 5.73 Å². The minimum absolute atomic E-state index is 0. The van der Waals surface area contributed by atoms with Crippen molar-refractivity contribution in [1.82, 2.24) is 4.90 Å². The summed E-state index contributed by atoms with van der Waals surface area (Å²) >= 11 is 0. The van der Waals surface area contributed by atoms with Crippen LogP contribution in [0.2, 0.25) is 0 Å². The first-order chi connectivity index (χ1) is 10.2. The number of carbonyl (C=O) groups excluding carboxylic acids is 1. The number of hydrogen-bond acceptors (Lipinski definition) is 2. The van der Waals surface area contributed by atoms with Crippen LogP contribution in [-0.2, 0) is 4.79 Å². The lowest BCUT2D eigenvalue weighted by Crippen LogP contribution is -2.37. The van der Waals surface area contributed by atoms with E-state index in [2.05, 4.69) is 17.0 Å². The predicted molar refractivity (Wildman–Crippen MR) is 89.9 cm³/mol. The molecule has 0 bridgehead atoms. The van der Waals surface area contributed by atoms with Crippen LogP contribution in [0.5, 0.6) is 0 Å². The number of likely N-dealkylation sites (tertiary alicyclic amines) is 1. The Morgan fingerprint density at radius 1 is 1.09 bits per heavy atom. The lowest BCUT2D eigenvalue weighted by Gasteiger charge is -2.25. The first kappa shape index (κ1) is 15.8. The maximum absolute atomic E-state index is 13.1. The molecule has 1 aromatic carbocycles. The standard InChI is InChI=1S/C18H24N2O.ClH/c19-16-9-8-14-10-20(11-15(14)16)18(21)17(13-6-7-13)12-4-2-1-3-5-12;/h1-5,13-17H,6-11,19H2;1H. The average molecular weight is 321 g/mol. The molecule has 2 aliphatic carbocycles. The highest BCUT2D eigenvalue weighted by Crippen LogP contribution is 2.45. The second-order valence-corrected chi connectivity index (χ2v) is 7.13. The summed E-state index contributed by atoms with van der Waals surface area (Å²) in [6.45, 7) is 1.83. The largest absolute Gasteiger partial charge is 0.342 e. The normalized spacial score (nSPS) is 31.5. The first-order valence-electron chi connectivity index (χ1n) is 8.33. The molecule has 3 nitrogen and oxygen atoms in total. The molecule has 4 rings (SSSR count). The van der Waals surface area contributed by atoms with E-state index in [4.69, 9.17) is 5.73 Å². The third-order valence-corrected chi connectivity index (χ3v) is 5.74. The number of carbonyl (C=O) groups is 1. The van der Waals surface area contributed by atoms with Gasteiger partial charge in [0, 0.05) is 19.1 Å². The van der Waals surface area contributed by atoms with Crippen LogP contribution in [0.15, 0.2) is 30.3 Å². The third-order valence-electron chi connectivity index (χ3n) is 5.74. The Hall–Kier alpha value is -1.06. The minimum Gasteiger partial charge on any atom is -0.342 e. The van der Waals surface area contributed by atoms with Crippen LogP contribution in [0.4, 0.5) is 0 Å². The molecule has 3 aliphatic rings. The SMILES string of the molecule is Cl.NC1CCC2CN(C(=O)C(c3ccccc3)C3CC3)CC12. The Labute approximate surface area is 138 Å². The maximum atomic E-state index is 13.1. The molecule has 1 saturated heterocycles. The van der Waals surface area contributed by atoms with E-state index in [1.165, 1.54) is 24.8 Å². The van der Waals surface area contributed by atoms with E-state index in [-0.39, 0.29) is 18.3 Å². The zero-order chi connectivity index (χ0) is 14.4. The van der Waals surface area contributed by atoms with Crippen molar-refractivity contribution in [2.24, 2.45) is 23.5 Å². The number of amides is 1. The van der Waals surface area contributed by atoms with Crippen molar-refractivity contribution in [3.05, 3.63) is 35.9 Å². The zero-order valence-corrected chi connectivity index (χ0v) is 13.7. The van der Waals surface area contributed by atoms with Gasteiger partial charge in [-0.1, -0.05) is 30.3 Å². The van der Waals surface area contributed by atoms with Gasteiger partial charge in [-0.15, -0.1) is 12.4 Å². The fourth-order valence-corrected chi connectivity index (χ4v) is 4.39. The number of hydrogen-bond donors (Lipinski definition) is 1. The Morgan fingerprint density at radius 3 is 2.45 bits per heavy atom. The molecule has 4 heteroatoms. The van der Waals surface area contributed by atoms with Crippen LogP contribution in [0, 0.1) is 17.8 Å². The molecule has 0 spiro atoms. The minimum atomic E-state index is 0. The van der Waals surface area contributed by atoms with E-state index in [9.17, 15) is 4.79 Å². The van der Waals surface area contributed by atoms with Gasteiger partial charge < -0.3 is 10.6 Å². The Balaban J connectivity index is 0.00000144. The highest BCUT2D eigenvalue weighted by atomic mass is 35.5. The van der Waals surface area contributed by atoms with Crippen LogP contribution >= 0.6 is 12.4 Å². The van der Waals surface area contributed by atoms with Crippen molar-refractivity contribution < 1.29 is 4.79 Å². The summed E-state index contributed by atoms with van der Waals surface area (Å²) in [6, 6.07) is 10.7. The smallest absolute Gasteiger partial charge is 0.230 e. The summed E-state index contributed by atoms with van der Waals surface area (Å²) in [4.78, 5) is 15.2. The average Bonchev–Trinajstić information content (AvgIpc) is 3.13. The van der Waals surface area contributed by atoms with Crippen molar-refractivity contribution >= 4 is 18.3 Å². The van der Waals surface area contributed by atoms with E-state index >= 15 is 0 Å². The van der Waals surface area contributed by atoms with E-state index in [0.29, 0.717) is 29.7 Å². The summed E-state index contributed by atoms with van der Waals surface area (Å²) in [5.74, 6) is 2.20. The lowest BCUT2D eigenvalue weighted by atomic mass is 9.92. The number of fused-ring (bicyclic) bond motifs is 1. The maximum Gasteiger partial charge on any atom is 0.230 e. The molecule has 4 atom stereocenters. The van der Waals surface area contributed by atoms with Gasteiger partial charge >= 0.3 is 0 Å². The molecule has 1 heterocycles. The summed E-state index contributed by atoms with van der Waals surface area (Å²) in [5, 5.41) is 0. The monoisotopic (exact) mass is 320 g/mol. The van der Waals surface area contributed by atoms with Gasteiger partial charge in [-0.2, -0.15) is 0 Å². The third kappa shape index (κ3) is 2.77. The van der Waals surface area contributed by atoms with Gasteiger partial charge in [0.2, 0.25) is 5.91 Å². The highest BCUT2D eigenvalue weighted by Gasteiger charge is 2.46. The molecule has 2 saturated carbocycles. The topological polar surface area (TPSA) is 46.3 Å². The molecular formula is C18H25ClN2O. The van der Waals surface area contributed by atoms with Crippen LogP contribution in [0.25, 0.3) is 0 Å². The summed E-state index contributed by atoms with van der Waals surface area (Å²) in [7, 11) is 0. The Kier molecular flexibility index (Phi) is 4.47. The van der Waals surface area contributed by atoms with Crippen molar-refractivity contribution in [1.29, 1.82) is 0 Å². The van der Waals surface area contributed by atoms with Crippen molar-refractivity contribution in [3.63, 3.8) is 0 Å². The van der Waals surface area contributed by atoms with Gasteiger partial charge in [0.15, 0.2) is 0 Å². The molecule has 120 valence electrons. The highest BCUT2D eigenvalue weighted by molar-refractivity contribution is 5.85. The Bertz CT molecular complexity index is 531. The van der Waals surface area contributed by atoms with Crippen molar-refractivity contribution in [2.45, 2.75) is 37.6 Å². The van der Waals surface area contributed by atoms with Gasteiger partial charge in [0.25, 0.3) is 0 Å². The lowest BCUT2D eigenvalue weighted by molar-refractivity contribution is -0.132. The number of benzene rings is 1. The molecular weight excluding hydrogens is 296 g/mol. The number of nitrogens with zero attached hydrogens (tertiary/aromatic N) is 1. The van der Waals surface area contributed by atoms with E-state index in [1.54, 1.807) is 0 Å². The van der Waals surface area contributed by atoms with Crippen LogP contribution in [-0.4, -0.2) is 29.9 Å². The van der Waals surface area contributed by atoms with Crippen molar-refractivity contribution in [2.75, 3.05) is 13.1 Å². The number of halogens is 1.